The van der Waals surface area contributed by atoms with Crippen LogP contribution in [0.4, 0.5) is 0 Å². The second-order valence-corrected chi connectivity index (χ2v) is 5.24. The number of halogens is 3. The molecular weight excluding hydrogens is 325 g/mol. The lowest BCUT2D eigenvalue weighted by molar-refractivity contribution is 0.0766. The molecule has 17 heavy (non-hydrogen) atoms. The van der Waals surface area contributed by atoms with E-state index in [1.807, 2.05) is 6.92 Å². The summed E-state index contributed by atoms with van der Waals surface area (Å²) in [6.45, 7) is 3.41. The normalized spacial score (nSPS) is 10.4. The predicted octanol–water partition coefficient (Wildman–Crippen LogP) is 4.24. The number of rotatable bonds is 5. The first-order valence-corrected chi connectivity index (χ1v) is 7.28. The van der Waals surface area contributed by atoms with E-state index in [0.717, 1.165) is 11.8 Å². The van der Waals surface area contributed by atoms with Gasteiger partial charge in [-0.1, -0.05) is 46.1 Å². The van der Waals surface area contributed by atoms with Crippen molar-refractivity contribution in [1.82, 2.24) is 4.90 Å². The second kappa shape index (κ2) is 7.24. The molecule has 1 aromatic rings. The van der Waals surface area contributed by atoms with Crippen LogP contribution in [0.5, 0.6) is 0 Å². The van der Waals surface area contributed by atoms with Crippen LogP contribution in [0.15, 0.2) is 18.2 Å². The number of hydrogen-bond donors (Lipinski definition) is 0. The summed E-state index contributed by atoms with van der Waals surface area (Å²) >= 11 is 15.2. The van der Waals surface area contributed by atoms with E-state index in [-0.39, 0.29) is 5.91 Å². The zero-order chi connectivity index (χ0) is 12.8. The smallest absolute Gasteiger partial charge is 0.255 e. The lowest BCUT2D eigenvalue weighted by Gasteiger charge is -2.21. The van der Waals surface area contributed by atoms with Gasteiger partial charge in [-0.15, -0.1) is 0 Å². The molecule has 5 heteroatoms. The molecule has 2 nitrogen and oxygen atoms in total. The Balaban J connectivity index is 2.95. The third-order valence-electron chi connectivity index (χ3n) is 2.29. The Bertz CT molecular complexity index is 392. The lowest BCUT2D eigenvalue weighted by Crippen LogP contribution is -2.33. The van der Waals surface area contributed by atoms with E-state index in [9.17, 15) is 4.79 Å². The maximum absolute atomic E-state index is 12.3. The van der Waals surface area contributed by atoms with Crippen molar-refractivity contribution < 1.29 is 4.79 Å². The van der Waals surface area contributed by atoms with Gasteiger partial charge >= 0.3 is 0 Å². The zero-order valence-corrected chi connectivity index (χ0v) is 12.6. The van der Waals surface area contributed by atoms with E-state index in [0.29, 0.717) is 28.7 Å². The molecule has 0 unspecified atom stereocenters. The van der Waals surface area contributed by atoms with Crippen LogP contribution in [-0.4, -0.2) is 29.2 Å². The van der Waals surface area contributed by atoms with Gasteiger partial charge in [-0.3, -0.25) is 4.79 Å². The molecule has 1 amide bonds. The van der Waals surface area contributed by atoms with Crippen LogP contribution in [0.25, 0.3) is 0 Å². The van der Waals surface area contributed by atoms with Gasteiger partial charge in [-0.05, 0) is 24.6 Å². The van der Waals surface area contributed by atoms with Gasteiger partial charge in [-0.25, -0.2) is 0 Å². The van der Waals surface area contributed by atoms with Crippen LogP contribution in [0.3, 0.4) is 0 Å². The molecule has 0 saturated carbocycles. The van der Waals surface area contributed by atoms with Crippen LogP contribution in [0.1, 0.15) is 23.7 Å². The molecule has 0 bridgehead atoms. The highest BCUT2D eigenvalue weighted by atomic mass is 79.9. The fourth-order valence-corrected chi connectivity index (χ4v) is 2.32. The predicted molar refractivity (Wildman–Crippen MR) is 76.5 cm³/mol. The molecule has 0 heterocycles. The second-order valence-electron chi connectivity index (χ2n) is 3.61. The van der Waals surface area contributed by atoms with Gasteiger partial charge in [0.15, 0.2) is 0 Å². The van der Waals surface area contributed by atoms with Gasteiger partial charge in [0.05, 0.1) is 10.6 Å². The van der Waals surface area contributed by atoms with Crippen LogP contribution >= 0.6 is 39.1 Å². The summed E-state index contributed by atoms with van der Waals surface area (Å²) < 4.78 is 0. The minimum atomic E-state index is -0.0706. The molecule has 0 radical (unpaired) electrons. The Hall–Kier alpha value is -0.250. The molecule has 1 aromatic carbocycles. The first-order valence-electron chi connectivity index (χ1n) is 5.40. The molecule has 0 aromatic heterocycles. The standard InChI is InChI=1S/C12H14BrCl2NO/c1-2-6-16(7-5-13)12(17)10-8-9(14)3-4-11(10)15/h3-4,8H,2,5-7H2,1H3. The maximum atomic E-state index is 12.3. The molecular formula is C12H14BrCl2NO. The monoisotopic (exact) mass is 337 g/mol. The topological polar surface area (TPSA) is 20.3 Å². The van der Waals surface area contributed by atoms with Gasteiger partial charge in [0.2, 0.25) is 0 Å². The average Bonchev–Trinajstić information content (AvgIpc) is 2.31. The van der Waals surface area contributed by atoms with Crippen molar-refractivity contribution in [3.63, 3.8) is 0 Å². The highest BCUT2D eigenvalue weighted by molar-refractivity contribution is 9.09. The van der Waals surface area contributed by atoms with E-state index in [4.69, 9.17) is 23.2 Å². The molecule has 0 N–H and O–H groups in total. The molecule has 0 aliphatic rings. The maximum Gasteiger partial charge on any atom is 0.255 e. The number of alkyl halides is 1. The number of benzene rings is 1. The Morgan fingerprint density at radius 1 is 1.35 bits per heavy atom. The van der Waals surface area contributed by atoms with Gasteiger partial charge in [-0.2, -0.15) is 0 Å². The molecule has 94 valence electrons. The highest BCUT2D eigenvalue weighted by Crippen LogP contribution is 2.22. The fraction of sp³-hybridized carbons (Fsp3) is 0.417. The molecule has 0 aliphatic carbocycles. The van der Waals surface area contributed by atoms with E-state index >= 15 is 0 Å². The summed E-state index contributed by atoms with van der Waals surface area (Å²) in [7, 11) is 0. The van der Waals surface area contributed by atoms with E-state index < -0.39 is 0 Å². The molecule has 0 aliphatic heterocycles. The van der Waals surface area contributed by atoms with E-state index in [1.165, 1.54) is 0 Å². The Morgan fingerprint density at radius 3 is 2.65 bits per heavy atom. The summed E-state index contributed by atoms with van der Waals surface area (Å²) in [6.07, 6.45) is 0.914. The van der Waals surface area contributed by atoms with Crippen molar-refractivity contribution >= 4 is 45.0 Å². The first-order chi connectivity index (χ1) is 8.10. The summed E-state index contributed by atoms with van der Waals surface area (Å²) in [4.78, 5) is 14.0. The lowest BCUT2D eigenvalue weighted by atomic mass is 10.2. The van der Waals surface area contributed by atoms with Crippen molar-refractivity contribution in [1.29, 1.82) is 0 Å². The van der Waals surface area contributed by atoms with Crippen molar-refractivity contribution in [2.24, 2.45) is 0 Å². The van der Waals surface area contributed by atoms with Crippen molar-refractivity contribution in [2.75, 3.05) is 18.4 Å². The molecule has 0 fully saturated rings. The van der Waals surface area contributed by atoms with Crippen LogP contribution in [-0.2, 0) is 0 Å². The van der Waals surface area contributed by atoms with E-state index in [1.54, 1.807) is 23.1 Å². The molecule has 0 atom stereocenters. The quantitative estimate of drug-likeness (QED) is 0.735. The Labute approximate surface area is 120 Å². The summed E-state index contributed by atoms with van der Waals surface area (Å²) in [6, 6.07) is 4.94. The minimum absolute atomic E-state index is 0.0706. The van der Waals surface area contributed by atoms with Crippen molar-refractivity contribution in [3.05, 3.63) is 33.8 Å². The summed E-state index contributed by atoms with van der Waals surface area (Å²) in [5.41, 5.74) is 0.466. The number of carbonyl (C=O) groups is 1. The third-order valence-corrected chi connectivity index (χ3v) is 3.21. The zero-order valence-electron chi connectivity index (χ0n) is 9.55. The SMILES string of the molecule is CCCN(CCBr)C(=O)c1cc(Cl)ccc1Cl. The van der Waals surface area contributed by atoms with Gasteiger partial charge in [0.1, 0.15) is 0 Å². The van der Waals surface area contributed by atoms with Crippen LogP contribution in [0, 0.1) is 0 Å². The fourth-order valence-electron chi connectivity index (χ4n) is 1.52. The average molecular weight is 339 g/mol. The van der Waals surface area contributed by atoms with Crippen LogP contribution < -0.4 is 0 Å². The number of hydrogen-bond acceptors (Lipinski definition) is 1. The number of carbonyl (C=O) groups excluding carboxylic acids is 1. The van der Waals surface area contributed by atoms with E-state index in [2.05, 4.69) is 15.9 Å². The molecule has 0 saturated heterocycles. The van der Waals surface area contributed by atoms with Crippen molar-refractivity contribution in [2.45, 2.75) is 13.3 Å². The van der Waals surface area contributed by atoms with Gasteiger partial charge in [0, 0.05) is 23.4 Å². The number of amides is 1. The van der Waals surface area contributed by atoms with Crippen molar-refractivity contribution in [3.8, 4) is 0 Å². The summed E-state index contributed by atoms with van der Waals surface area (Å²) in [5.74, 6) is -0.0706. The first kappa shape index (κ1) is 14.8. The minimum Gasteiger partial charge on any atom is -0.338 e. The Morgan fingerprint density at radius 2 is 2.06 bits per heavy atom. The third kappa shape index (κ3) is 4.16. The summed E-state index contributed by atoms with van der Waals surface area (Å²) in [5, 5.41) is 1.71. The molecule has 1 rings (SSSR count). The highest BCUT2D eigenvalue weighted by Gasteiger charge is 2.17. The van der Waals surface area contributed by atoms with Crippen LogP contribution in [0.2, 0.25) is 10.0 Å². The van der Waals surface area contributed by atoms with Gasteiger partial charge < -0.3 is 4.90 Å². The largest absolute Gasteiger partial charge is 0.338 e. The van der Waals surface area contributed by atoms with Gasteiger partial charge in [0.25, 0.3) is 5.91 Å². The number of nitrogens with zero attached hydrogens (tertiary/aromatic N) is 1. The molecule has 0 spiro atoms. The Kier molecular flexibility index (Phi) is 6.31.